The summed E-state index contributed by atoms with van der Waals surface area (Å²) in [5.41, 5.74) is 0.756. The van der Waals surface area contributed by atoms with Crippen LogP contribution in [0.3, 0.4) is 0 Å². The first kappa shape index (κ1) is 23.9. The molecule has 1 aromatic heterocycles. The van der Waals surface area contributed by atoms with Gasteiger partial charge in [-0.25, -0.2) is 13.2 Å². The van der Waals surface area contributed by atoms with Gasteiger partial charge in [-0.15, -0.1) is 0 Å². The fourth-order valence-corrected chi connectivity index (χ4v) is 5.02. The third-order valence-electron chi connectivity index (χ3n) is 5.31. The third-order valence-corrected chi connectivity index (χ3v) is 6.47. The molecule has 2 aromatic carbocycles. The number of hydrogen-bond acceptors (Lipinski definition) is 7. The van der Waals surface area contributed by atoms with Gasteiger partial charge >= 0.3 is 5.97 Å². The average molecular weight is 474 g/mol. The maximum Gasteiger partial charge on any atom is 0.340 e. The Kier molecular flexibility index (Phi) is 6.54. The molecule has 174 valence electrons. The van der Waals surface area contributed by atoms with Crippen LogP contribution in [0, 0.1) is 17.0 Å². The maximum atomic E-state index is 13.7. The molecule has 1 heterocycles. The highest BCUT2D eigenvalue weighted by atomic mass is 32.2. The fourth-order valence-electron chi connectivity index (χ4n) is 3.76. The molecule has 0 spiro atoms. The van der Waals surface area contributed by atoms with E-state index in [1.54, 1.807) is 38.1 Å². The second kappa shape index (κ2) is 9.02. The number of nitrogens with zero attached hydrogens (tertiary/aromatic N) is 3. The second-order valence-electron chi connectivity index (χ2n) is 7.47. The molecule has 0 aliphatic rings. The number of hydrogen-bond donors (Lipinski definition) is 0. The summed E-state index contributed by atoms with van der Waals surface area (Å²) in [4.78, 5) is 36.6. The molecule has 11 heteroatoms. The number of nitro groups is 1. The van der Waals surface area contributed by atoms with E-state index >= 15 is 0 Å². The molecular weight excluding hydrogens is 450 g/mol. The van der Waals surface area contributed by atoms with Crippen LogP contribution in [0.15, 0.2) is 48.7 Å². The monoisotopic (exact) mass is 473 g/mol. The van der Waals surface area contributed by atoms with Crippen molar-refractivity contribution in [3.8, 4) is 0 Å². The van der Waals surface area contributed by atoms with Gasteiger partial charge in [-0.1, -0.05) is 31.2 Å². The largest absolute Gasteiger partial charge is 0.465 e. The summed E-state index contributed by atoms with van der Waals surface area (Å²) in [6.45, 7) is 3.25. The van der Waals surface area contributed by atoms with Crippen LogP contribution in [-0.4, -0.2) is 49.2 Å². The molecule has 33 heavy (non-hydrogen) atoms. The van der Waals surface area contributed by atoms with Gasteiger partial charge in [0.2, 0.25) is 10.0 Å². The Hall–Kier alpha value is -3.73. The number of sulfonamides is 1. The molecule has 1 atom stereocenters. The van der Waals surface area contributed by atoms with Crippen LogP contribution < -0.4 is 4.31 Å². The van der Waals surface area contributed by atoms with Crippen LogP contribution in [0.5, 0.6) is 0 Å². The summed E-state index contributed by atoms with van der Waals surface area (Å²) in [5.74, 6) is -1.25. The number of nitro benzene ring substituents is 1. The van der Waals surface area contributed by atoms with Gasteiger partial charge in [-0.3, -0.25) is 23.8 Å². The van der Waals surface area contributed by atoms with Gasteiger partial charge in [-0.2, -0.15) is 0 Å². The minimum Gasteiger partial charge on any atom is -0.465 e. The van der Waals surface area contributed by atoms with E-state index in [2.05, 4.69) is 0 Å². The van der Waals surface area contributed by atoms with E-state index in [1.807, 2.05) is 0 Å². The highest BCUT2D eigenvalue weighted by Crippen LogP contribution is 2.31. The Morgan fingerprint density at radius 3 is 2.45 bits per heavy atom. The minimum atomic E-state index is -4.03. The van der Waals surface area contributed by atoms with Gasteiger partial charge in [0.15, 0.2) is 0 Å². The van der Waals surface area contributed by atoms with Crippen LogP contribution in [0.2, 0.25) is 0 Å². The van der Waals surface area contributed by atoms with Crippen LogP contribution in [0.25, 0.3) is 10.9 Å². The van der Waals surface area contributed by atoms with Crippen LogP contribution >= 0.6 is 0 Å². The van der Waals surface area contributed by atoms with Crippen molar-refractivity contribution in [2.75, 3.05) is 17.7 Å². The van der Waals surface area contributed by atoms with Crippen molar-refractivity contribution in [1.82, 2.24) is 4.57 Å². The molecule has 0 aliphatic carbocycles. The number of rotatable bonds is 7. The van der Waals surface area contributed by atoms with E-state index in [-0.39, 0.29) is 23.4 Å². The van der Waals surface area contributed by atoms with E-state index in [4.69, 9.17) is 4.74 Å². The van der Waals surface area contributed by atoms with Gasteiger partial charge in [0.05, 0.1) is 35.1 Å². The summed E-state index contributed by atoms with van der Waals surface area (Å²) >= 11 is 0. The first-order valence-electron chi connectivity index (χ1n) is 9.98. The van der Waals surface area contributed by atoms with Gasteiger partial charge < -0.3 is 4.74 Å². The Morgan fingerprint density at radius 1 is 1.21 bits per heavy atom. The topological polar surface area (TPSA) is 129 Å². The van der Waals surface area contributed by atoms with Crippen molar-refractivity contribution in [3.05, 3.63) is 69.9 Å². The molecule has 0 bridgehead atoms. The van der Waals surface area contributed by atoms with E-state index in [0.717, 1.165) is 16.6 Å². The maximum absolute atomic E-state index is 13.7. The van der Waals surface area contributed by atoms with Crippen molar-refractivity contribution in [1.29, 1.82) is 0 Å². The standard InChI is InChI=1S/C22H23N3O7S/c1-5-18(24(33(4,30)31)20-12-15(25(28)29)11-10-14(20)2)21(26)23-13-17(22(27)32-3)16-8-6-7-9-19(16)23/h6-13,18H,5H2,1-4H3/t18-/m1/s1. The van der Waals surface area contributed by atoms with E-state index in [0.29, 0.717) is 16.5 Å². The first-order valence-corrected chi connectivity index (χ1v) is 11.8. The summed E-state index contributed by atoms with van der Waals surface area (Å²) in [6.07, 6.45) is 2.34. The quantitative estimate of drug-likeness (QED) is 0.292. The third kappa shape index (κ3) is 4.44. The molecular formula is C22H23N3O7S. The van der Waals surface area contributed by atoms with E-state index in [1.165, 1.54) is 30.0 Å². The summed E-state index contributed by atoms with van der Waals surface area (Å²) in [7, 11) is -2.81. The fraction of sp³-hybridized carbons (Fsp3) is 0.273. The lowest BCUT2D eigenvalue weighted by Gasteiger charge is -2.31. The highest BCUT2D eigenvalue weighted by Gasteiger charge is 2.35. The summed E-state index contributed by atoms with van der Waals surface area (Å²) in [6, 6.07) is 9.31. The van der Waals surface area contributed by atoms with Crippen molar-refractivity contribution in [3.63, 3.8) is 0 Å². The number of carbonyl (C=O) groups is 2. The van der Waals surface area contributed by atoms with E-state index < -0.39 is 32.9 Å². The molecule has 0 unspecified atom stereocenters. The lowest BCUT2D eigenvalue weighted by molar-refractivity contribution is -0.384. The number of ether oxygens (including phenoxy) is 1. The number of aryl methyl sites for hydroxylation is 1. The molecule has 0 amide bonds. The predicted molar refractivity (Wildman–Crippen MR) is 123 cm³/mol. The molecule has 3 rings (SSSR count). The normalized spacial score (nSPS) is 12.4. The number of non-ortho nitro benzene ring substituents is 1. The molecule has 0 radical (unpaired) electrons. The zero-order valence-corrected chi connectivity index (χ0v) is 19.3. The number of methoxy groups -OCH3 is 1. The molecule has 10 nitrogen and oxygen atoms in total. The number of fused-ring (bicyclic) bond motifs is 1. The van der Waals surface area contributed by atoms with Crippen LogP contribution in [-0.2, 0) is 14.8 Å². The number of para-hydroxylation sites is 1. The first-order chi connectivity index (χ1) is 15.5. The Balaban J connectivity index is 2.22. The summed E-state index contributed by atoms with van der Waals surface area (Å²) in [5, 5.41) is 11.8. The smallest absolute Gasteiger partial charge is 0.340 e. The Bertz CT molecular complexity index is 1360. The molecule has 0 fully saturated rings. The van der Waals surface area contributed by atoms with E-state index in [9.17, 15) is 28.1 Å². The van der Waals surface area contributed by atoms with Crippen molar-refractivity contribution in [2.24, 2.45) is 0 Å². The zero-order chi connectivity index (χ0) is 24.5. The zero-order valence-electron chi connectivity index (χ0n) is 18.5. The van der Waals surface area contributed by atoms with Gasteiger partial charge in [0, 0.05) is 23.7 Å². The average Bonchev–Trinajstić information content (AvgIpc) is 3.16. The van der Waals surface area contributed by atoms with Gasteiger partial charge in [0.25, 0.3) is 11.6 Å². The number of carbonyl (C=O) groups excluding carboxylic acids is 2. The Morgan fingerprint density at radius 2 is 1.88 bits per heavy atom. The van der Waals surface area contributed by atoms with Crippen LogP contribution in [0.4, 0.5) is 11.4 Å². The number of benzene rings is 2. The minimum absolute atomic E-state index is 0.0385. The molecule has 0 aliphatic heterocycles. The number of anilines is 1. The van der Waals surface area contributed by atoms with Crippen molar-refractivity contribution < 1.29 is 27.7 Å². The van der Waals surface area contributed by atoms with Crippen LogP contribution in [0.1, 0.15) is 34.1 Å². The second-order valence-corrected chi connectivity index (χ2v) is 9.33. The predicted octanol–water partition coefficient (Wildman–Crippen LogP) is 3.53. The lowest BCUT2D eigenvalue weighted by Crippen LogP contribution is -2.46. The van der Waals surface area contributed by atoms with Gasteiger partial charge in [0.1, 0.15) is 6.04 Å². The summed E-state index contributed by atoms with van der Waals surface area (Å²) < 4.78 is 32.6. The SMILES string of the molecule is CC[C@H](C(=O)n1cc(C(=O)OC)c2ccccc21)N(c1cc([N+](=O)[O-])ccc1C)S(C)(=O)=O. The molecule has 0 saturated heterocycles. The molecule has 0 saturated carbocycles. The Labute approximate surface area is 190 Å². The van der Waals surface area contributed by atoms with Gasteiger partial charge in [-0.05, 0) is 25.0 Å². The highest BCUT2D eigenvalue weighted by molar-refractivity contribution is 7.92. The lowest BCUT2D eigenvalue weighted by atomic mass is 10.1. The number of esters is 1. The van der Waals surface area contributed by atoms with Crippen molar-refractivity contribution in [2.45, 2.75) is 26.3 Å². The molecule has 0 N–H and O–H groups in total. The number of aromatic nitrogens is 1. The van der Waals surface area contributed by atoms with Crippen molar-refractivity contribution >= 4 is 44.2 Å². The molecule has 3 aromatic rings.